The van der Waals surface area contributed by atoms with Crippen LogP contribution in [-0.2, 0) is 6.54 Å². The smallest absolute Gasteiger partial charge is 0.126 e. The Morgan fingerprint density at radius 2 is 2.19 bits per heavy atom. The van der Waals surface area contributed by atoms with Gasteiger partial charge >= 0.3 is 0 Å². The van der Waals surface area contributed by atoms with Crippen LogP contribution in [0.3, 0.4) is 0 Å². The molecule has 3 heteroatoms. The average Bonchev–Trinajstić information content (AvgIpc) is 2.21. The number of aliphatic hydroxyl groups is 1. The molecule has 0 radical (unpaired) electrons. The lowest BCUT2D eigenvalue weighted by Gasteiger charge is -2.36. The Hall–Kier alpha value is -0.930. The quantitative estimate of drug-likeness (QED) is 0.819. The summed E-state index contributed by atoms with van der Waals surface area (Å²) >= 11 is 0. The standard InChI is InChI=1S/C13H18FNO/c1-10-3-4-11(7-12(10)14)8-15-9-13(16)5-2-6-13/h3-4,7,15-16H,2,5-6,8-9H2,1H3. The highest BCUT2D eigenvalue weighted by Crippen LogP contribution is 2.30. The molecule has 0 heterocycles. The first-order valence-electron chi connectivity index (χ1n) is 5.77. The van der Waals surface area contributed by atoms with Crippen LogP contribution in [0.4, 0.5) is 4.39 Å². The number of rotatable bonds is 4. The third-order valence-corrected chi connectivity index (χ3v) is 3.30. The molecule has 0 saturated heterocycles. The van der Waals surface area contributed by atoms with Gasteiger partial charge in [-0.2, -0.15) is 0 Å². The van der Waals surface area contributed by atoms with Gasteiger partial charge in [0.25, 0.3) is 0 Å². The SMILES string of the molecule is Cc1ccc(CNCC2(O)CCC2)cc1F. The molecule has 0 spiro atoms. The summed E-state index contributed by atoms with van der Waals surface area (Å²) in [5.41, 5.74) is 1.08. The highest BCUT2D eigenvalue weighted by atomic mass is 19.1. The Bertz CT molecular complexity index is 374. The van der Waals surface area contributed by atoms with E-state index in [0.717, 1.165) is 24.8 Å². The molecular weight excluding hydrogens is 205 g/mol. The third-order valence-electron chi connectivity index (χ3n) is 3.30. The maximum atomic E-state index is 13.2. The molecule has 0 aromatic heterocycles. The van der Waals surface area contributed by atoms with Crippen LogP contribution >= 0.6 is 0 Å². The lowest BCUT2D eigenvalue weighted by atomic mass is 9.80. The minimum absolute atomic E-state index is 0.165. The van der Waals surface area contributed by atoms with Gasteiger partial charge in [0.1, 0.15) is 5.82 Å². The van der Waals surface area contributed by atoms with E-state index in [2.05, 4.69) is 5.32 Å². The molecule has 0 bridgehead atoms. The summed E-state index contributed by atoms with van der Waals surface area (Å²) in [7, 11) is 0. The normalized spacial score (nSPS) is 18.2. The summed E-state index contributed by atoms with van der Waals surface area (Å²) in [5, 5.41) is 13.0. The first kappa shape index (κ1) is 11.6. The third kappa shape index (κ3) is 2.60. The Kier molecular flexibility index (Phi) is 3.26. The number of halogens is 1. The minimum atomic E-state index is -0.511. The number of hydrogen-bond acceptors (Lipinski definition) is 2. The van der Waals surface area contributed by atoms with Gasteiger partial charge in [0.15, 0.2) is 0 Å². The van der Waals surface area contributed by atoms with Gasteiger partial charge in [-0.1, -0.05) is 12.1 Å². The molecule has 1 aromatic carbocycles. The zero-order valence-electron chi connectivity index (χ0n) is 9.59. The molecule has 1 aromatic rings. The van der Waals surface area contributed by atoms with Crippen LogP contribution in [-0.4, -0.2) is 17.3 Å². The molecule has 16 heavy (non-hydrogen) atoms. The Morgan fingerprint density at radius 3 is 2.75 bits per heavy atom. The maximum absolute atomic E-state index is 13.2. The van der Waals surface area contributed by atoms with E-state index in [0.29, 0.717) is 18.7 Å². The molecule has 1 saturated carbocycles. The first-order valence-corrected chi connectivity index (χ1v) is 5.77. The van der Waals surface area contributed by atoms with Crippen molar-refractivity contribution in [3.8, 4) is 0 Å². The van der Waals surface area contributed by atoms with E-state index in [4.69, 9.17) is 0 Å². The number of nitrogens with one attached hydrogen (secondary N) is 1. The Labute approximate surface area is 95.5 Å². The first-order chi connectivity index (χ1) is 7.59. The van der Waals surface area contributed by atoms with Crippen molar-refractivity contribution in [3.05, 3.63) is 35.1 Å². The Balaban J connectivity index is 1.83. The highest BCUT2D eigenvalue weighted by Gasteiger charge is 2.33. The lowest BCUT2D eigenvalue weighted by molar-refractivity contribution is -0.0314. The van der Waals surface area contributed by atoms with E-state index >= 15 is 0 Å². The van der Waals surface area contributed by atoms with E-state index in [1.807, 2.05) is 6.07 Å². The molecule has 2 rings (SSSR count). The molecule has 0 atom stereocenters. The molecule has 0 unspecified atom stereocenters. The van der Waals surface area contributed by atoms with Crippen molar-refractivity contribution in [1.82, 2.24) is 5.32 Å². The van der Waals surface area contributed by atoms with Crippen LogP contribution in [0, 0.1) is 12.7 Å². The van der Waals surface area contributed by atoms with E-state index in [1.165, 1.54) is 0 Å². The van der Waals surface area contributed by atoms with Crippen LogP contribution in [0.25, 0.3) is 0 Å². The lowest BCUT2D eigenvalue weighted by Crippen LogP contribution is -2.45. The van der Waals surface area contributed by atoms with Gasteiger partial charge in [-0.3, -0.25) is 0 Å². The molecule has 2 N–H and O–H groups in total. The largest absolute Gasteiger partial charge is 0.389 e. The number of benzene rings is 1. The average molecular weight is 223 g/mol. The van der Waals surface area contributed by atoms with Crippen LogP contribution in [0.1, 0.15) is 30.4 Å². The van der Waals surface area contributed by atoms with Gasteiger partial charge < -0.3 is 10.4 Å². The molecule has 0 aliphatic heterocycles. The van der Waals surface area contributed by atoms with Crippen molar-refractivity contribution in [3.63, 3.8) is 0 Å². The Morgan fingerprint density at radius 1 is 1.44 bits per heavy atom. The molecule has 2 nitrogen and oxygen atoms in total. The highest BCUT2D eigenvalue weighted by molar-refractivity contribution is 5.23. The van der Waals surface area contributed by atoms with Gasteiger partial charge in [-0.25, -0.2) is 4.39 Å². The molecule has 88 valence electrons. The van der Waals surface area contributed by atoms with Gasteiger partial charge in [0, 0.05) is 13.1 Å². The second-order valence-corrected chi connectivity index (χ2v) is 4.76. The number of aryl methyl sites for hydroxylation is 1. The van der Waals surface area contributed by atoms with Crippen molar-refractivity contribution in [2.45, 2.75) is 38.3 Å². The van der Waals surface area contributed by atoms with Gasteiger partial charge in [-0.05, 0) is 43.4 Å². The van der Waals surface area contributed by atoms with Crippen molar-refractivity contribution in [1.29, 1.82) is 0 Å². The van der Waals surface area contributed by atoms with Crippen LogP contribution < -0.4 is 5.32 Å². The molecular formula is C13H18FNO. The van der Waals surface area contributed by atoms with Crippen molar-refractivity contribution in [2.24, 2.45) is 0 Å². The molecule has 0 amide bonds. The van der Waals surface area contributed by atoms with E-state index in [9.17, 15) is 9.50 Å². The summed E-state index contributed by atoms with van der Waals surface area (Å²) < 4.78 is 13.2. The van der Waals surface area contributed by atoms with E-state index < -0.39 is 5.60 Å². The van der Waals surface area contributed by atoms with Crippen molar-refractivity contribution >= 4 is 0 Å². The molecule has 1 aliphatic rings. The van der Waals surface area contributed by atoms with Crippen molar-refractivity contribution < 1.29 is 9.50 Å². The maximum Gasteiger partial charge on any atom is 0.126 e. The molecule has 1 fully saturated rings. The molecule has 1 aliphatic carbocycles. The monoisotopic (exact) mass is 223 g/mol. The summed E-state index contributed by atoms with van der Waals surface area (Å²) in [6.07, 6.45) is 2.86. The summed E-state index contributed by atoms with van der Waals surface area (Å²) in [6.45, 7) is 2.96. The van der Waals surface area contributed by atoms with Gasteiger partial charge in [-0.15, -0.1) is 0 Å². The van der Waals surface area contributed by atoms with Gasteiger partial charge in [0.2, 0.25) is 0 Å². The zero-order chi connectivity index (χ0) is 11.6. The van der Waals surface area contributed by atoms with Crippen LogP contribution in [0.2, 0.25) is 0 Å². The van der Waals surface area contributed by atoms with E-state index in [-0.39, 0.29) is 5.82 Å². The zero-order valence-corrected chi connectivity index (χ0v) is 9.59. The minimum Gasteiger partial charge on any atom is -0.389 e. The second-order valence-electron chi connectivity index (χ2n) is 4.76. The summed E-state index contributed by atoms with van der Waals surface area (Å²) in [5.74, 6) is -0.165. The predicted molar refractivity (Wildman–Crippen MR) is 61.6 cm³/mol. The topological polar surface area (TPSA) is 32.3 Å². The fourth-order valence-corrected chi connectivity index (χ4v) is 1.95. The van der Waals surface area contributed by atoms with Crippen LogP contribution in [0.5, 0.6) is 0 Å². The van der Waals surface area contributed by atoms with Crippen molar-refractivity contribution in [2.75, 3.05) is 6.54 Å². The number of hydrogen-bond donors (Lipinski definition) is 2. The second kappa shape index (κ2) is 4.52. The predicted octanol–water partition coefficient (Wildman–Crippen LogP) is 2.14. The van der Waals surface area contributed by atoms with E-state index in [1.54, 1.807) is 19.1 Å². The van der Waals surface area contributed by atoms with Crippen LogP contribution in [0.15, 0.2) is 18.2 Å². The fourth-order valence-electron chi connectivity index (χ4n) is 1.95. The summed E-state index contributed by atoms with van der Waals surface area (Å²) in [4.78, 5) is 0. The summed E-state index contributed by atoms with van der Waals surface area (Å²) in [6, 6.07) is 5.24. The van der Waals surface area contributed by atoms with Gasteiger partial charge in [0.05, 0.1) is 5.60 Å². The fraction of sp³-hybridized carbons (Fsp3) is 0.538.